The maximum absolute atomic E-state index is 6.03. The quantitative estimate of drug-likeness (QED) is 0.580. The summed E-state index contributed by atoms with van der Waals surface area (Å²) < 4.78 is 12.0. The van der Waals surface area contributed by atoms with E-state index in [1.807, 2.05) is 42.5 Å². The maximum Gasteiger partial charge on any atom is 0.161 e. The van der Waals surface area contributed by atoms with Crippen molar-refractivity contribution in [3.8, 4) is 11.5 Å². The highest BCUT2D eigenvalue weighted by Crippen LogP contribution is 2.30. The number of benzene rings is 3. The Kier molecular flexibility index (Phi) is 5.52. The molecule has 0 radical (unpaired) electrons. The van der Waals surface area contributed by atoms with Crippen molar-refractivity contribution in [3.05, 3.63) is 95.6 Å². The molecule has 0 saturated carbocycles. The average Bonchev–Trinajstić information content (AvgIpc) is 2.66. The number of hydrogen-bond acceptors (Lipinski definition) is 2. The van der Waals surface area contributed by atoms with Gasteiger partial charge in [0.1, 0.15) is 13.2 Å². The van der Waals surface area contributed by atoms with Crippen LogP contribution in [-0.2, 0) is 19.6 Å². The molecular weight excluding hydrogens is 296 g/mol. The molecule has 0 bridgehead atoms. The van der Waals surface area contributed by atoms with Gasteiger partial charge < -0.3 is 9.47 Å². The van der Waals surface area contributed by atoms with Crippen LogP contribution in [-0.4, -0.2) is 0 Å². The van der Waals surface area contributed by atoms with Gasteiger partial charge in [0.05, 0.1) is 0 Å². The molecule has 0 heterocycles. The minimum atomic E-state index is 0.536. The van der Waals surface area contributed by atoms with Gasteiger partial charge in [-0.15, -0.1) is 0 Å². The van der Waals surface area contributed by atoms with Gasteiger partial charge in [-0.1, -0.05) is 73.7 Å². The predicted molar refractivity (Wildman–Crippen MR) is 97.4 cm³/mol. The van der Waals surface area contributed by atoms with Crippen molar-refractivity contribution < 1.29 is 9.47 Å². The monoisotopic (exact) mass is 318 g/mol. The highest BCUT2D eigenvalue weighted by Gasteiger charge is 2.07. The lowest BCUT2D eigenvalue weighted by molar-refractivity contribution is 0.255. The van der Waals surface area contributed by atoms with Crippen molar-refractivity contribution in [3.63, 3.8) is 0 Å². The predicted octanol–water partition coefficient (Wildman–Crippen LogP) is 5.41. The highest BCUT2D eigenvalue weighted by molar-refractivity contribution is 5.43. The van der Waals surface area contributed by atoms with Crippen molar-refractivity contribution in [1.29, 1.82) is 0 Å². The molecule has 0 aromatic heterocycles. The molecule has 0 fully saturated rings. The van der Waals surface area contributed by atoms with E-state index in [9.17, 15) is 0 Å². The fourth-order valence-electron chi connectivity index (χ4n) is 2.48. The molecule has 3 aromatic rings. The molecule has 0 spiro atoms. The smallest absolute Gasteiger partial charge is 0.161 e. The van der Waals surface area contributed by atoms with Gasteiger partial charge in [0.15, 0.2) is 11.5 Å². The lowest BCUT2D eigenvalue weighted by Crippen LogP contribution is -2.01. The lowest BCUT2D eigenvalue weighted by Gasteiger charge is -2.14. The zero-order valence-corrected chi connectivity index (χ0v) is 13.9. The molecule has 0 aliphatic carbocycles. The van der Waals surface area contributed by atoms with E-state index in [0.29, 0.717) is 13.2 Å². The molecule has 0 aliphatic rings. The van der Waals surface area contributed by atoms with E-state index in [2.05, 4.69) is 43.3 Å². The van der Waals surface area contributed by atoms with Crippen LogP contribution in [0.4, 0.5) is 0 Å². The van der Waals surface area contributed by atoms with E-state index in [-0.39, 0.29) is 0 Å². The van der Waals surface area contributed by atoms with Crippen molar-refractivity contribution in [2.75, 3.05) is 0 Å². The Balaban J connectivity index is 1.72. The summed E-state index contributed by atoms with van der Waals surface area (Å²) in [7, 11) is 0. The maximum atomic E-state index is 6.03. The number of aryl methyl sites for hydroxylation is 1. The van der Waals surface area contributed by atoms with Gasteiger partial charge in [0.25, 0.3) is 0 Å². The van der Waals surface area contributed by atoms with Crippen molar-refractivity contribution in [2.45, 2.75) is 26.6 Å². The fourth-order valence-corrected chi connectivity index (χ4v) is 2.48. The van der Waals surface area contributed by atoms with Crippen LogP contribution in [0, 0.1) is 0 Å². The molecule has 2 heteroatoms. The Morgan fingerprint density at radius 3 is 1.67 bits per heavy atom. The topological polar surface area (TPSA) is 18.5 Å². The van der Waals surface area contributed by atoms with Crippen LogP contribution in [0.15, 0.2) is 78.9 Å². The second-order valence-corrected chi connectivity index (χ2v) is 5.68. The molecule has 0 aliphatic heterocycles. The normalized spacial score (nSPS) is 10.4. The summed E-state index contributed by atoms with van der Waals surface area (Å²) in [5.74, 6) is 1.58. The van der Waals surface area contributed by atoms with Gasteiger partial charge in [-0.3, -0.25) is 0 Å². The molecule has 122 valence electrons. The molecule has 0 unspecified atom stereocenters. The molecule has 0 amide bonds. The summed E-state index contributed by atoms with van der Waals surface area (Å²) in [4.78, 5) is 0. The SMILES string of the molecule is CCc1ccc(OCc2ccccc2)c(OCc2ccccc2)c1. The lowest BCUT2D eigenvalue weighted by atomic mass is 10.1. The first-order valence-corrected chi connectivity index (χ1v) is 8.31. The first kappa shape index (κ1) is 16.1. The summed E-state index contributed by atoms with van der Waals surface area (Å²) >= 11 is 0. The van der Waals surface area contributed by atoms with Crippen molar-refractivity contribution >= 4 is 0 Å². The summed E-state index contributed by atoms with van der Waals surface area (Å²) in [6.45, 7) is 3.21. The molecule has 3 rings (SSSR count). The number of ether oxygens (including phenoxy) is 2. The minimum Gasteiger partial charge on any atom is -0.485 e. The second-order valence-electron chi connectivity index (χ2n) is 5.68. The molecule has 24 heavy (non-hydrogen) atoms. The third-order valence-electron chi connectivity index (χ3n) is 3.89. The Hall–Kier alpha value is -2.74. The zero-order valence-electron chi connectivity index (χ0n) is 13.9. The van der Waals surface area contributed by atoms with Gasteiger partial charge in [-0.2, -0.15) is 0 Å². The summed E-state index contributed by atoms with van der Waals surface area (Å²) in [6.07, 6.45) is 0.973. The summed E-state index contributed by atoms with van der Waals surface area (Å²) in [5.41, 5.74) is 3.53. The Morgan fingerprint density at radius 1 is 0.583 bits per heavy atom. The average molecular weight is 318 g/mol. The third kappa shape index (κ3) is 4.39. The standard InChI is InChI=1S/C22H22O2/c1-2-18-13-14-21(23-16-19-9-5-3-6-10-19)22(15-18)24-17-20-11-7-4-8-12-20/h3-15H,2,16-17H2,1H3. The minimum absolute atomic E-state index is 0.536. The molecular formula is C22H22O2. The van der Waals surface area contributed by atoms with Crippen LogP contribution < -0.4 is 9.47 Å². The van der Waals surface area contributed by atoms with Crippen LogP contribution in [0.2, 0.25) is 0 Å². The fraction of sp³-hybridized carbons (Fsp3) is 0.182. The summed E-state index contributed by atoms with van der Waals surface area (Å²) in [5, 5.41) is 0. The molecule has 3 aromatic carbocycles. The van der Waals surface area contributed by atoms with E-state index in [1.165, 1.54) is 5.56 Å². The van der Waals surface area contributed by atoms with E-state index in [0.717, 1.165) is 29.0 Å². The van der Waals surface area contributed by atoms with Gasteiger partial charge in [-0.25, -0.2) is 0 Å². The molecule has 0 saturated heterocycles. The van der Waals surface area contributed by atoms with Gasteiger partial charge in [0.2, 0.25) is 0 Å². The zero-order chi connectivity index (χ0) is 16.6. The number of rotatable bonds is 7. The van der Waals surface area contributed by atoms with Crippen LogP contribution in [0.3, 0.4) is 0 Å². The van der Waals surface area contributed by atoms with Crippen molar-refractivity contribution in [2.24, 2.45) is 0 Å². The van der Waals surface area contributed by atoms with Gasteiger partial charge in [0, 0.05) is 0 Å². The first-order valence-electron chi connectivity index (χ1n) is 8.31. The van der Waals surface area contributed by atoms with Crippen LogP contribution in [0.1, 0.15) is 23.6 Å². The van der Waals surface area contributed by atoms with Crippen LogP contribution >= 0.6 is 0 Å². The van der Waals surface area contributed by atoms with E-state index >= 15 is 0 Å². The van der Waals surface area contributed by atoms with Gasteiger partial charge >= 0.3 is 0 Å². The van der Waals surface area contributed by atoms with E-state index in [4.69, 9.17) is 9.47 Å². The van der Waals surface area contributed by atoms with Crippen LogP contribution in [0.5, 0.6) is 11.5 Å². The van der Waals surface area contributed by atoms with E-state index < -0.39 is 0 Å². The second kappa shape index (κ2) is 8.21. The molecule has 2 nitrogen and oxygen atoms in total. The summed E-state index contributed by atoms with van der Waals surface area (Å²) in [6, 6.07) is 26.5. The molecule has 0 N–H and O–H groups in total. The first-order chi connectivity index (χ1) is 11.8. The van der Waals surface area contributed by atoms with E-state index in [1.54, 1.807) is 0 Å². The van der Waals surface area contributed by atoms with Crippen LogP contribution in [0.25, 0.3) is 0 Å². The van der Waals surface area contributed by atoms with Crippen molar-refractivity contribution in [1.82, 2.24) is 0 Å². The van der Waals surface area contributed by atoms with Gasteiger partial charge in [-0.05, 0) is 35.2 Å². The Morgan fingerprint density at radius 2 is 1.12 bits per heavy atom. The largest absolute Gasteiger partial charge is 0.485 e. The molecule has 0 atom stereocenters. The highest BCUT2D eigenvalue weighted by atomic mass is 16.5. The number of hydrogen-bond donors (Lipinski definition) is 0. The Bertz CT molecular complexity index is 751. The Labute approximate surface area is 143 Å². The third-order valence-corrected chi connectivity index (χ3v) is 3.89.